The number of fused-ring (bicyclic) bond motifs is 1. The average molecular weight is 457 g/mol. The number of carbonyl (C=O) groups is 2. The Labute approximate surface area is 189 Å². The van der Waals surface area contributed by atoms with Gasteiger partial charge in [0.25, 0.3) is 5.91 Å². The first kappa shape index (κ1) is 21.2. The van der Waals surface area contributed by atoms with E-state index in [1.807, 2.05) is 29.6 Å². The van der Waals surface area contributed by atoms with Crippen LogP contribution < -0.4 is 14.8 Å². The Kier molecular flexibility index (Phi) is 5.89. The van der Waals surface area contributed by atoms with Crippen LogP contribution in [0.5, 0.6) is 11.5 Å². The smallest absolute Gasteiger partial charge is 0.254 e. The van der Waals surface area contributed by atoms with E-state index in [2.05, 4.69) is 5.32 Å². The van der Waals surface area contributed by atoms with Gasteiger partial charge in [0.15, 0.2) is 0 Å². The number of nitrogens with one attached hydrogen (secondary N) is 1. The standard InChI is InChI=1S/C23H21ClN2O4S/c1-26-21(19-9-6-10-31-19)20(13-7-4-5-8-14(13)23(26)28)22(27)25-16-11-15(24)17(29-2)12-18(16)30-3/h4-12,20-21H,1-3H3,(H,25,27)/t20-,21-/m0/s1. The topological polar surface area (TPSA) is 67.9 Å². The number of hydrogen-bond acceptors (Lipinski definition) is 5. The van der Waals surface area contributed by atoms with Crippen LogP contribution >= 0.6 is 22.9 Å². The van der Waals surface area contributed by atoms with E-state index in [4.69, 9.17) is 21.1 Å². The molecule has 2 heterocycles. The highest BCUT2D eigenvalue weighted by molar-refractivity contribution is 7.10. The molecule has 0 fully saturated rings. The average Bonchev–Trinajstić information content (AvgIpc) is 3.30. The molecular weight excluding hydrogens is 436 g/mol. The van der Waals surface area contributed by atoms with Gasteiger partial charge in [0.2, 0.25) is 5.91 Å². The third-order valence-corrected chi connectivity index (χ3v) is 6.67. The summed E-state index contributed by atoms with van der Waals surface area (Å²) in [5, 5.41) is 5.25. The van der Waals surface area contributed by atoms with Crippen LogP contribution in [-0.4, -0.2) is 38.0 Å². The van der Waals surface area contributed by atoms with Crippen LogP contribution in [0.15, 0.2) is 53.9 Å². The summed E-state index contributed by atoms with van der Waals surface area (Å²) in [6.45, 7) is 0. The van der Waals surface area contributed by atoms with Gasteiger partial charge in [-0.25, -0.2) is 0 Å². The van der Waals surface area contributed by atoms with Crippen molar-refractivity contribution in [3.05, 3.63) is 74.9 Å². The molecule has 1 aromatic heterocycles. The lowest BCUT2D eigenvalue weighted by atomic mass is 9.81. The Hall–Kier alpha value is -3.03. The SMILES string of the molecule is COc1cc(OC)c(NC(=O)[C@H]2c3ccccc3C(=O)N(C)[C@H]2c2cccs2)cc1Cl. The minimum atomic E-state index is -0.608. The highest BCUT2D eigenvalue weighted by Crippen LogP contribution is 2.44. The van der Waals surface area contributed by atoms with Crippen molar-refractivity contribution in [1.82, 2.24) is 4.90 Å². The molecule has 2 amide bonds. The van der Waals surface area contributed by atoms with Crippen LogP contribution in [0, 0.1) is 0 Å². The third kappa shape index (κ3) is 3.75. The molecule has 0 saturated carbocycles. The second-order valence-corrected chi connectivity index (χ2v) is 8.50. The predicted molar refractivity (Wildman–Crippen MR) is 122 cm³/mol. The number of amides is 2. The molecule has 0 unspecified atom stereocenters. The molecule has 31 heavy (non-hydrogen) atoms. The van der Waals surface area contributed by atoms with Crippen molar-refractivity contribution in [3.63, 3.8) is 0 Å². The number of benzene rings is 2. The molecule has 160 valence electrons. The van der Waals surface area contributed by atoms with Crippen LogP contribution in [0.4, 0.5) is 5.69 Å². The van der Waals surface area contributed by atoms with E-state index in [1.54, 1.807) is 36.2 Å². The summed E-state index contributed by atoms with van der Waals surface area (Å²) >= 11 is 7.79. The first-order valence-electron chi connectivity index (χ1n) is 9.58. The second kappa shape index (κ2) is 8.61. The lowest BCUT2D eigenvalue weighted by Crippen LogP contribution is -2.43. The molecule has 0 radical (unpaired) electrons. The van der Waals surface area contributed by atoms with Gasteiger partial charge in [0, 0.05) is 23.6 Å². The summed E-state index contributed by atoms with van der Waals surface area (Å²) < 4.78 is 10.7. The minimum Gasteiger partial charge on any atom is -0.495 e. The Morgan fingerprint density at radius 2 is 1.84 bits per heavy atom. The van der Waals surface area contributed by atoms with E-state index < -0.39 is 12.0 Å². The maximum Gasteiger partial charge on any atom is 0.254 e. The number of rotatable bonds is 5. The van der Waals surface area contributed by atoms with E-state index in [-0.39, 0.29) is 11.8 Å². The maximum atomic E-state index is 13.6. The molecule has 6 nitrogen and oxygen atoms in total. The van der Waals surface area contributed by atoms with Crippen LogP contribution in [-0.2, 0) is 4.79 Å². The monoisotopic (exact) mass is 456 g/mol. The van der Waals surface area contributed by atoms with Crippen molar-refractivity contribution in [1.29, 1.82) is 0 Å². The zero-order valence-corrected chi connectivity index (χ0v) is 18.8. The molecule has 0 saturated heterocycles. The zero-order valence-electron chi connectivity index (χ0n) is 17.2. The van der Waals surface area contributed by atoms with Gasteiger partial charge in [-0.1, -0.05) is 35.9 Å². The number of hydrogen-bond donors (Lipinski definition) is 1. The fraction of sp³-hybridized carbons (Fsp3) is 0.217. The van der Waals surface area contributed by atoms with E-state index in [0.717, 1.165) is 4.88 Å². The largest absolute Gasteiger partial charge is 0.495 e. The Bertz CT molecular complexity index is 1130. The molecule has 0 spiro atoms. The lowest BCUT2D eigenvalue weighted by molar-refractivity contribution is -0.119. The van der Waals surface area contributed by atoms with Crippen molar-refractivity contribution in [2.75, 3.05) is 26.6 Å². The normalized spacial score (nSPS) is 17.8. The number of anilines is 1. The van der Waals surface area contributed by atoms with Crippen LogP contribution in [0.2, 0.25) is 5.02 Å². The van der Waals surface area contributed by atoms with Gasteiger partial charge >= 0.3 is 0 Å². The number of nitrogens with zero attached hydrogens (tertiary/aromatic N) is 1. The van der Waals surface area contributed by atoms with Crippen molar-refractivity contribution in [2.24, 2.45) is 0 Å². The molecule has 1 aliphatic heterocycles. The van der Waals surface area contributed by atoms with Gasteiger partial charge in [-0.3, -0.25) is 9.59 Å². The van der Waals surface area contributed by atoms with Crippen molar-refractivity contribution in [2.45, 2.75) is 12.0 Å². The van der Waals surface area contributed by atoms with Gasteiger partial charge < -0.3 is 19.7 Å². The summed E-state index contributed by atoms with van der Waals surface area (Å²) in [5.74, 6) is -0.104. The van der Waals surface area contributed by atoms with E-state index in [0.29, 0.717) is 33.3 Å². The molecule has 4 rings (SSSR count). The fourth-order valence-corrected chi connectivity index (χ4v) is 5.09. The summed E-state index contributed by atoms with van der Waals surface area (Å²) in [6.07, 6.45) is 0. The number of likely N-dealkylation sites (N-methyl/N-ethyl adjacent to an activating group) is 1. The van der Waals surface area contributed by atoms with Gasteiger partial charge in [0.05, 0.1) is 36.9 Å². The molecule has 2 atom stereocenters. The molecular formula is C23H21ClN2O4S. The first-order chi connectivity index (χ1) is 15.0. The third-order valence-electron chi connectivity index (χ3n) is 5.43. The first-order valence-corrected chi connectivity index (χ1v) is 10.8. The number of thiophene rings is 1. The number of halogens is 1. The van der Waals surface area contributed by atoms with Gasteiger partial charge in [0.1, 0.15) is 11.5 Å². The zero-order chi connectivity index (χ0) is 22.1. The molecule has 1 N–H and O–H groups in total. The van der Waals surface area contributed by atoms with Gasteiger partial charge in [-0.2, -0.15) is 0 Å². The predicted octanol–water partition coefficient (Wildman–Crippen LogP) is 4.97. The number of methoxy groups -OCH3 is 2. The van der Waals surface area contributed by atoms with Crippen LogP contribution in [0.25, 0.3) is 0 Å². The molecule has 3 aromatic rings. The van der Waals surface area contributed by atoms with E-state index in [1.165, 1.54) is 25.6 Å². The highest BCUT2D eigenvalue weighted by Gasteiger charge is 2.43. The number of ether oxygens (including phenoxy) is 2. The molecule has 1 aliphatic rings. The maximum absolute atomic E-state index is 13.6. The number of carbonyl (C=O) groups excluding carboxylic acids is 2. The van der Waals surface area contributed by atoms with E-state index >= 15 is 0 Å². The molecule has 0 bridgehead atoms. The Morgan fingerprint density at radius 3 is 2.52 bits per heavy atom. The summed E-state index contributed by atoms with van der Waals surface area (Å²) in [6, 6.07) is 13.9. The minimum absolute atomic E-state index is 0.108. The van der Waals surface area contributed by atoms with Crippen molar-refractivity contribution >= 4 is 40.4 Å². The summed E-state index contributed by atoms with van der Waals surface area (Å²) in [4.78, 5) is 29.2. The van der Waals surface area contributed by atoms with Crippen LogP contribution in [0.1, 0.15) is 32.8 Å². The quantitative estimate of drug-likeness (QED) is 0.588. The highest BCUT2D eigenvalue weighted by atomic mass is 35.5. The molecule has 8 heteroatoms. The summed E-state index contributed by atoms with van der Waals surface area (Å²) in [5.41, 5.74) is 1.65. The Morgan fingerprint density at radius 1 is 1.10 bits per heavy atom. The van der Waals surface area contributed by atoms with Crippen molar-refractivity contribution < 1.29 is 19.1 Å². The molecule has 2 aromatic carbocycles. The second-order valence-electron chi connectivity index (χ2n) is 7.12. The van der Waals surface area contributed by atoms with Crippen LogP contribution in [0.3, 0.4) is 0 Å². The Balaban J connectivity index is 1.79. The van der Waals surface area contributed by atoms with Gasteiger partial charge in [-0.05, 0) is 29.1 Å². The lowest BCUT2D eigenvalue weighted by Gasteiger charge is -2.39. The summed E-state index contributed by atoms with van der Waals surface area (Å²) in [7, 11) is 4.75. The van der Waals surface area contributed by atoms with E-state index in [9.17, 15) is 9.59 Å². The fourth-order valence-electron chi connectivity index (χ4n) is 3.94. The van der Waals surface area contributed by atoms with Crippen molar-refractivity contribution in [3.8, 4) is 11.5 Å². The molecule has 0 aliphatic carbocycles. The van der Waals surface area contributed by atoms with Gasteiger partial charge in [-0.15, -0.1) is 11.3 Å².